The van der Waals surface area contributed by atoms with Crippen molar-refractivity contribution in [3.05, 3.63) is 29.0 Å². The predicted molar refractivity (Wildman–Crippen MR) is 66.6 cm³/mol. The lowest BCUT2D eigenvalue weighted by Gasteiger charge is -2.16. The van der Waals surface area contributed by atoms with E-state index in [0.717, 1.165) is 31.9 Å². The first-order valence-electron chi connectivity index (χ1n) is 5.58. The summed E-state index contributed by atoms with van der Waals surface area (Å²) in [5, 5.41) is 15.8. The molecule has 0 N–H and O–H groups in total. The summed E-state index contributed by atoms with van der Waals surface area (Å²) in [7, 11) is 0. The average Bonchev–Trinajstić information content (AvgIpc) is 2.80. The molecule has 0 spiro atoms. The molecule has 0 atom stereocenters. The summed E-state index contributed by atoms with van der Waals surface area (Å²) >= 11 is 5.74. The van der Waals surface area contributed by atoms with Gasteiger partial charge in [-0.3, -0.25) is 9.80 Å². The van der Waals surface area contributed by atoms with Gasteiger partial charge in [0.2, 0.25) is 6.19 Å². The number of hydrogen-bond donors (Lipinski definition) is 0. The third kappa shape index (κ3) is 3.74. The first-order chi connectivity index (χ1) is 8.78. The highest BCUT2D eigenvalue weighted by Gasteiger charge is 2.19. The van der Waals surface area contributed by atoms with Crippen molar-refractivity contribution in [1.82, 2.24) is 14.8 Å². The van der Waals surface area contributed by atoms with Crippen LogP contribution in [0.25, 0.3) is 0 Å². The minimum Gasteiger partial charge on any atom is -0.285 e. The fraction of sp³-hybridized carbons (Fsp3) is 0.455. The van der Waals surface area contributed by atoms with E-state index in [4.69, 9.17) is 16.9 Å². The van der Waals surface area contributed by atoms with Crippen LogP contribution in [0.2, 0.25) is 5.15 Å². The zero-order chi connectivity index (χ0) is 12.8. The molecule has 2 heterocycles. The minimum absolute atomic E-state index is 0.475. The molecule has 1 saturated heterocycles. The second-order valence-electron chi connectivity index (χ2n) is 4.06. The van der Waals surface area contributed by atoms with Crippen LogP contribution in [0.5, 0.6) is 0 Å². The number of pyridine rings is 1. The molecule has 0 unspecified atom stereocenters. The van der Waals surface area contributed by atoms with Gasteiger partial charge < -0.3 is 0 Å². The van der Waals surface area contributed by atoms with E-state index >= 15 is 0 Å². The maximum absolute atomic E-state index is 8.25. The Bertz CT molecular complexity index is 452. The van der Waals surface area contributed by atoms with Gasteiger partial charge in [-0.1, -0.05) is 22.8 Å². The summed E-state index contributed by atoms with van der Waals surface area (Å²) in [6, 6.07) is 3.78. The lowest BCUT2D eigenvalue weighted by Crippen LogP contribution is -2.25. The van der Waals surface area contributed by atoms with Crippen molar-refractivity contribution in [3.8, 4) is 6.19 Å². The Balaban J connectivity index is 1.81. The summed E-state index contributed by atoms with van der Waals surface area (Å²) in [5.74, 6) is 0. The van der Waals surface area contributed by atoms with E-state index < -0.39 is 0 Å². The van der Waals surface area contributed by atoms with E-state index in [1.54, 1.807) is 18.5 Å². The van der Waals surface area contributed by atoms with Crippen molar-refractivity contribution in [1.29, 1.82) is 5.26 Å². The Hall–Kier alpha value is -1.55. The maximum Gasteiger partial charge on any atom is 0.225 e. The molecule has 1 aromatic heterocycles. The Labute approximate surface area is 110 Å². The molecule has 0 aromatic carbocycles. The van der Waals surface area contributed by atoms with E-state index in [9.17, 15) is 0 Å². The summed E-state index contributed by atoms with van der Waals surface area (Å²) in [5.41, 5.74) is 1.14. The van der Waals surface area contributed by atoms with Crippen LogP contribution in [0.1, 0.15) is 5.56 Å². The zero-order valence-electron chi connectivity index (χ0n) is 9.83. The van der Waals surface area contributed by atoms with Gasteiger partial charge in [0.1, 0.15) is 11.8 Å². The van der Waals surface area contributed by atoms with Crippen LogP contribution in [-0.2, 0) is 6.54 Å². The highest BCUT2D eigenvalue weighted by Crippen LogP contribution is 2.11. The molecule has 1 aliphatic rings. The smallest absolute Gasteiger partial charge is 0.225 e. The van der Waals surface area contributed by atoms with Crippen molar-refractivity contribution in [2.24, 2.45) is 10.2 Å². The first-order valence-corrected chi connectivity index (χ1v) is 5.96. The Morgan fingerprint density at radius 3 is 2.94 bits per heavy atom. The molecule has 0 saturated carbocycles. The average molecular weight is 265 g/mol. The van der Waals surface area contributed by atoms with Crippen molar-refractivity contribution in [2.45, 2.75) is 6.54 Å². The largest absolute Gasteiger partial charge is 0.285 e. The maximum atomic E-state index is 8.25. The fourth-order valence-electron chi connectivity index (χ4n) is 1.86. The molecule has 6 nitrogen and oxygen atoms in total. The van der Waals surface area contributed by atoms with Crippen molar-refractivity contribution in [2.75, 3.05) is 26.4 Å². The van der Waals surface area contributed by atoms with Crippen molar-refractivity contribution in [3.63, 3.8) is 0 Å². The Morgan fingerprint density at radius 2 is 2.22 bits per heavy atom. The van der Waals surface area contributed by atoms with Gasteiger partial charge in [0.15, 0.2) is 0 Å². The first kappa shape index (κ1) is 12.9. The molecule has 94 valence electrons. The standard InChI is InChI=1S/C11H13ClN6/c12-11-2-1-10(5-14-11)6-17-3-4-18(9-17)8-16-15-7-13/h1-2,5H,3-4,6,8-9H2/b16-15+. The van der Waals surface area contributed by atoms with Gasteiger partial charge in [-0.25, -0.2) is 4.98 Å². The zero-order valence-corrected chi connectivity index (χ0v) is 10.6. The van der Waals surface area contributed by atoms with Crippen molar-refractivity contribution < 1.29 is 0 Å². The molecule has 1 fully saturated rings. The van der Waals surface area contributed by atoms with Crippen LogP contribution < -0.4 is 0 Å². The third-order valence-corrected chi connectivity index (χ3v) is 2.93. The second kappa shape index (κ2) is 6.40. The summed E-state index contributed by atoms with van der Waals surface area (Å²) in [6.07, 6.45) is 3.44. The van der Waals surface area contributed by atoms with E-state index in [0.29, 0.717) is 11.8 Å². The number of azo groups is 1. The normalized spacial score (nSPS) is 17.3. The van der Waals surface area contributed by atoms with Gasteiger partial charge in [0, 0.05) is 25.8 Å². The molecule has 0 bridgehead atoms. The lowest BCUT2D eigenvalue weighted by molar-refractivity contribution is 0.242. The van der Waals surface area contributed by atoms with Crippen LogP contribution in [0.15, 0.2) is 28.6 Å². The van der Waals surface area contributed by atoms with Gasteiger partial charge in [-0.15, -0.1) is 0 Å². The number of nitriles is 1. The number of hydrogen-bond acceptors (Lipinski definition) is 6. The van der Waals surface area contributed by atoms with Gasteiger partial charge in [-0.05, 0) is 11.6 Å². The van der Waals surface area contributed by atoms with Gasteiger partial charge in [0.05, 0.1) is 6.67 Å². The topological polar surface area (TPSA) is 67.9 Å². The summed E-state index contributed by atoms with van der Waals surface area (Å²) in [4.78, 5) is 8.47. The summed E-state index contributed by atoms with van der Waals surface area (Å²) in [6.45, 7) is 4.06. The van der Waals surface area contributed by atoms with Crippen LogP contribution in [0.3, 0.4) is 0 Å². The van der Waals surface area contributed by atoms with E-state index in [1.165, 1.54) is 0 Å². The van der Waals surface area contributed by atoms with Gasteiger partial charge in [-0.2, -0.15) is 10.4 Å². The van der Waals surface area contributed by atoms with Crippen LogP contribution >= 0.6 is 11.6 Å². The van der Waals surface area contributed by atoms with E-state index in [-0.39, 0.29) is 0 Å². The third-order valence-electron chi connectivity index (χ3n) is 2.71. The molecular formula is C11H13ClN6. The lowest BCUT2D eigenvalue weighted by atomic mass is 10.3. The SMILES string of the molecule is N#C/N=N/CN1CCN(Cc2ccc(Cl)nc2)C1. The monoisotopic (exact) mass is 264 g/mol. The molecule has 7 heteroatoms. The highest BCUT2D eigenvalue weighted by molar-refractivity contribution is 6.29. The predicted octanol–water partition coefficient (Wildman–Crippen LogP) is 1.70. The highest BCUT2D eigenvalue weighted by atomic mass is 35.5. The van der Waals surface area contributed by atoms with Crippen molar-refractivity contribution >= 4 is 11.6 Å². The molecule has 2 rings (SSSR count). The molecule has 0 radical (unpaired) electrons. The Morgan fingerprint density at radius 1 is 1.39 bits per heavy atom. The van der Waals surface area contributed by atoms with Crippen LogP contribution in [-0.4, -0.2) is 41.2 Å². The molecule has 0 amide bonds. The number of nitrogens with zero attached hydrogens (tertiary/aromatic N) is 6. The van der Waals surface area contributed by atoms with Gasteiger partial charge in [0.25, 0.3) is 0 Å². The van der Waals surface area contributed by atoms with E-state index in [2.05, 4.69) is 25.0 Å². The van der Waals surface area contributed by atoms with Crippen LogP contribution in [0, 0.1) is 11.5 Å². The molecule has 1 aromatic rings. The van der Waals surface area contributed by atoms with Gasteiger partial charge >= 0.3 is 0 Å². The fourth-order valence-corrected chi connectivity index (χ4v) is 1.97. The molecule has 0 aliphatic carbocycles. The second-order valence-corrected chi connectivity index (χ2v) is 4.45. The molecule has 1 aliphatic heterocycles. The quantitative estimate of drug-likeness (QED) is 0.472. The van der Waals surface area contributed by atoms with E-state index in [1.807, 2.05) is 6.07 Å². The number of rotatable bonds is 4. The minimum atomic E-state index is 0.475. The number of aromatic nitrogens is 1. The van der Waals surface area contributed by atoms with Crippen LogP contribution in [0.4, 0.5) is 0 Å². The number of halogens is 1. The summed E-state index contributed by atoms with van der Waals surface area (Å²) < 4.78 is 0. The molecular weight excluding hydrogens is 252 g/mol. The Kier molecular flexibility index (Phi) is 4.59. The molecule has 18 heavy (non-hydrogen) atoms.